The van der Waals surface area contributed by atoms with Crippen LogP contribution in [-0.2, 0) is 4.74 Å². The van der Waals surface area contributed by atoms with Gasteiger partial charge in [0.25, 0.3) is 0 Å². The van der Waals surface area contributed by atoms with Crippen LogP contribution in [0, 0.1) is 53.3 Å². The maximum atomic E-state index is 6.16. The Bertz CT molecular complexity index is 1630. The van der Waals surface area contributed by atoms with Crippen LogP contribution >= 0.6 is 0 Å². The SMILES string of the molecule is Cc1ccc2c(c1)C1C(C3C=CC=CC3C1[Si](C)(CCCCCCOC(C)(C)C)C1C3C=C(C(C)(C)C)C=CC3C3C=CC(C(C)(C)C)=CC31)N2C. The summed E-state index contributed by atoms with van der Waals surface area (Å²) in [6.07, 6.45) is 31.3. The van der Waals surface area contributed by atoms with Crippen LogP contribution in [0.3, 0.4) is 0 Å². The van der Waals surface area contributed by atoms with Crippen LogP contribution in [-0.4, -0.2) is 33.4 Å². The van der Waals surface area contributed by atoms with Crippen molar-refractivity contribution in [1.82, 2.24) is 0 Å². The average molecular weight is 718 g/mol. The number of hydrogen-bond donors (Lipinski definition) is 0. The Balaban J connectivity index is 1.35. The number of rotatable bonds is 9. The maximum absolute atomic E-state index is 6.16. The third kappa shape index (κ3) is 6.78. The molecule has 0 spiro atoms. The van der Waals surface area contributed by atoms with Gasteiger partial charge >= 0.3 is 0 Å². The molecule has 0 radical (unpaired) electrons. The molecule has 2 saturated carbocycles. The van der Waals surface area contributed by atoms with E-state index in [1.807, 2.05) is 0 Å². The van der Waals surface area contributed by atoms with Gasteiger partial charge in [-0.05, 0) is 108 Å². The molecule has 7 rings (SSSR count). The Kier molecular flexibility index (Phi) is 10.0. The van der Waals surface area contributed by atoms with Crippen LogP contribution in [0.1, 0.15) is 105 Å². The molecule has 52 heavy (non-hydrogen) atoms. The molecule has 0 N–H and O–H groups in total. The fourth-order valence-electron chi connectivity index (χ4n) is 12.1. The van der Waals surface area contributed by atoms with Crippen molar-refractivity contribution in [2.45, 2.75) is 136 Å². The summed E-state index contributed by atoms with van der Waals surface area (Å²) in [7, 11) is 0.331. The first-order chi connectivity index (χ1) is 24.4. The Morgan fingerprint density at radius 1 is 0.673 bits per heavy atom. The number of unbranched alkanes of at least 4 members (excludes halogenated alkanes) is 3. The molecular formula is C49H71NOSi. The van der Waals surface area contributed by atoms with Gasteiger partial charge in [-0.25, -0.2) is 0 Å². The lowest BCUT2D eigenvalue weighted by Gasteiger charge is -2.49. The fourth-order valence-corrected chi connectivity index (χ4v) is 19.0. The highest BCUT2D eigenvalue weighted by atomic mass is 28.3. The van der Waals surface area contributed by atoms with Gasteiger partial charge in [-0.2, -0.15) is 0 Å². The van der Waals surface area contributed by atoms with Gasteiger partial charge in [-0.3, -0.25) is 0 Å². The minimum absolute atomic E-state index is 0.0522. The molecule has 1 aliphatic heterocycles. The van der Waals surface area contributed by atoms with Crippen LogP contribution in [0.4, 0.5) is 5.69 Å². The van der Waals surface area contributed by atoms with Gasteiger partial charge in [0.2, 0.25) is 0 Å². The molecule has 1 heterocycles. The zero-order valence-corrected chi connectivity index (χ0v) is 35.9. The number of aryl methyl sites for hydroxylation is 1. The third-order valence-corrected chi connectivity index (χ3v) is 20.4. The summed E-state index contributed by atoms with van der Waals surface area (Å²) < 4.78 is 6.16. The topological polar surface area (TPSA) is 12.5 Å². The molecule has 3 heteroatoms. The van der Waals surface area contributed by atoms with Crippen LogP contribution in [0.2, 0.25) is 23.7 Å². The number of anilines is 1. The number of benzene rings is 1. The lowest BCUT2D eigenvalue weighted by molar-refractivity contribution is -0.00471. The Morgan fingerprint density at radius 3 is 1.83 bits per heavy atom. The smallest absolute Gasteiger partial charge is 0.0598 e. The minimum Gasteiger partial charge on any atom is -0.376 e. The van der Waals surface area contributed by atoms with Crippen molar-refractivity contribution in [3.8, 4) is 0 Å². The second-order valence-electron chi connectivity index (χ2n) is 21.1. The number of allylic oxidation sites excluding steroid dienone is 11. The summed E-state index contributed by atoms with van der Waals surface area (Å²) >= 11 is 0. The second kappa shape index (κ2) is 13.7. The maximum Gasteiger partial charge on any atom is 0.0598 e. The van der Waals surface area contributed by atoms with Gasteiger partial charge in [0.05, 0.1) is 13.7 Å². The fraction of sp³-hybridized carbons (Fsp3) is 0.633. The van der Waals surface area contributed by atoms with Gasteiger partial charge in [0.1, 0.15) is 0 Å². The summed E-state index contributed by atoms with van der Waals surface area (Å²) in [6.45, 7) is 27.3. The van der Waals surface area contributed by atoms with Crippen molar-refractivity contribution >= 4 is 13.8 Å². The van der Waals surface area contributed by atoms with Crippen molar-refractivity contribution in [1.29, 1.82) is 0 Å². The van der Waals surface area contributed by atoms with Crippen LogP contribution in [0.15, 0.2) is 90.1 Å². The van der Waals surface area contributed by atoms with E-state index < -0.39 is 8.07 Å². The van der Waals surface area contributed by atoms with Crippen molar-refractivity contribution in [3.63, 3.8) is 0 Å². The van der Waals surface area contributed by atoms with Gasteiger partial charge in [0, 0.05) is 37.2 Å². The Morgan fingerprint density at radius 2 is 1.25 bits per heavy atom. The number of nitrogens with zero attached hydrogens (tertiary/aromatic N) is 1. The monoisotopic (exact) mass is 718 g/mol. The molecule has 0 amide bonds. The molecule has 2 fully saturated rings. The van der Waals surface area contributed by atoms with E-state index in [2.05, 4.69) is 167 Å². The number of likely N-dealkylation sites (N-methyl/N-ethyl adjacent to an activating group) is 1. The molecular weight excluding hydrogens is 647 g/mol. The summed E-state index contributed by atoms with van der Waals surface area (Å²) in [6, 6.07) is 9.37. The van der Waals surface area contributed by atoms with E-state index in [0.29, 0.717) is 58.5 Å². The molecule has 0 bridgehead atoms. The first-order valence-corrected chi connectivity index (χ1v) is 23.9. The van der Waals surface area contributed by atoms with Crippen LogP contribution < -0.4 is 4.90 Å². The second-order valence-corrected chi connectivity index (χ2v) is 25.9. The van der Waals surface area contributed by atoms with Crippen molar-refractivity contribution in [2.75, 3.05) is 18.6 Å². The molecule has 0 saturated heterocycles. The molecule has 10 unspecified atom stereocenters. The predicted octanol–water partition coefficient (Wildman–Crippen LogP) is 13.0. The van der Waals surface area contributed by atoms with Crippen molar-refractivity contribution in [3.05, 3.63) is 101 Å². The number of ether oxygens (including phenoxy) is 1. The Hall–Kier alpha value is -2.36. The molecule has 1 aromatic rings. The van der Waals surface area contributed by atoms with Crippen LogP contribution in [0.25, 0.3) is 0 Å². The van der Waals surface area contributed by atoms with Gasteiger partial charge in [0.15, 0.2) is 0 Å². The van der Waals surface area contributed by atoms with Gasteiger partial charge in [-0.1, -0.05) is 152 Å². The first kappa shape index (κ1) is 37.9. The van der Waals surface area contributed by atoms with E-state index in [0.717, 1.165) is 6.61 Å². The number of fused-ring (bicyclic) bond motifs is 8. The highest BCUT2D eigenvalue weighted by molar-refractivity contribution is 6.82. The standard InChI is InChI=1S/C49H71NOSi/c1-32-21-26-42-41(29-32)43-44(50(42)11)37-19-15-16-20-38(37)46(43)52(12,28-18-14-13-17-27-51-49(8,9)10)45-39-30-33(47(2,3)4)22-24-35(39)36-25-23-34(31-40(36)45)48(5,6)7/h15-16,19-26,29-31,35-40,43-46H,13-14,17-18,27-28H2,1-12H3. The summed E-state index contributed by atoms with van der Waals surface area (Å²) in [5, 5.41) is 0. The van der Waals surface area contributed by atoms with Gasteiger partial charge in [-0.15, -0.1) is 0 Å². The molecule has 1 aromatic carbocycles. The van der Waals surface area contributed by atoms with E-state index in [1.54, 1.807) is 16.7 Å². The molecule has 2 nitrogen and oxygen atoms in total. The van der Waals surface area contributed by atoms with E-state index in [9.17, 15) is 0 Å². The summed E-state index contributed by atoms with van der Waals surface area (Å²) in [5.41, 5.74) is 9.35. The lowest BCUT2D eigenvalue weighted by atomic mass is 9.74. The molecule has 6 aliphatic rings. The van der Waals surface area contributed by atoms with Crippen molar-refractivity contribution in [2.24, 2.45) is 46.3 Å². The van der Waals surface area contributed by atoms with E-state index in [-0.39, 0.29) is 16.4 Å². The quantitative estimate of drug-likeness (QED) is 0.186. The van der Waals surface area contributed by atoms with Crippen LogP contribution in [0.5, 0.6) is 0 Å². The zero-order chi connectivity index (χ0) is 37.4. The predicted molar refractivity (Wildman–Crippen MR) is 227 cm³/mol. The van der Waals surface area contributed by atoms with E-state index >= 15 is 0 Å². The molecule has 5 aliphatic carbocycles. The van der Waals surface area contributed by atoms with E-state index in [4.69, 9.17) is 4.74 Å². The molecule has 0 aromatic heterocycles. The minimum atomic E-state index is -2.09. The largest absolute Gasteiger partial charge is 0.376 e. The lowest BCUT2D eigenvalue weighted by Crippen LogP contribution is -2.49. The highest BCUT2D eigenvalue weighted by Crippen LogP contribution is 2.70. The summed E-state index contributed by atoms with van der Waals surface area (Å²) in [5.74, 6) is 4.16. The third-order valence-electron chi connectivity index (χ3n) is 14.5. The zero-order valence-electron chi connectivity index (χ0n) is 34.9. The average Bonchev–Trinajstić information content (AvgIpc) is 3.68. The molecule has 282 valence electrons. The summed E-state index contributed by atoms with van der Waals surface area (Å²) in [4.78, 5) is 2.72. The highest BCUT2D eigenvalue weighted by Gasteiger charge is 2.66. The van der Waals surface area contributed by atoms with Gasteiger partial charge < -0.3 is 9.64 Å². The van der Waals surface area contributed by atoms with E-state index in [1.165, 1.54) is 43.0 Å². The van der Waals surface area contributed by atoms with Crippen molar-refractivity contribution < 1.29 is 4.74 Å². The number of hydrogen-bond acceptors (Lipinski definition) is 2. The Labute approximate surface area is 319 Å². The first-order valence-electron chi connectivity index (χ1n) is 21.0. The molecule has 10 atom stereocenters. The normalized spacial score (nSPS) is 34.3.